The van der Waals surface area contributed by atoms with Crippen molar-refractivity contribution in [2.45, 2.75) is 44.0 Å². The fourth-order valence-electron chi connectivity index (χ4n) is 3.86. The molecule has 0 unspecified atom stereocenters. The van der Waals surface area contributed by atoms with Gasteiger partial charge in [-0.3, -0.25) is 0 Å². The molecule has 0 saturated carbocycles. The summed E-state index contributed by atoms with van der Waals surface area (Å²) >= 11 is 0. The lowest BCUT2D eigenvalue weighted by atomic mass is 10.2. The standard InChI is InChI=1S/C21H27N5O2S/c1-2-26-19-9-5-4-8-18(19)24-21(26)12-13-22-20-11-10-17(16-23-20)29(27,28)25-14-6-3-7-15-25/h4-5,8-11,16H,2-3,6-7,12-15H2,1H3,(H,22,23). The summed E-state index contributed by atoms with van der Waals surface area (Å²) in [5.41, 5.74) is 2.16. The van der Waals surface area contributed by atoms with E-state index < -0.39 is 10.0 Å². The first-order chi connectivity index (χ1) is 14.1. The van der Waals surface area contributed by atoms with Crippen molar-refractivity contribution in [3.8, 4) is 0 Å². The van der Waals surface area contributed by atoms with Gasteiger partial charge in [0.1, 0.15) is 16.5 Å². The minimum atomic E-state index is -3.44. The Hall–Kier alpha value is -2.45. The van der Waals surface area contributed by atoms with E-state index >= 15 is 0 Å². The number of nitrogens with one attached hydrogen (secondary N) is 1. The molecule has 1 aromatic carbocycles. The Bertz CT molecular complexity index is 1070. The number of rotatable bonds is 7. The highest BCUT2D eigenvalue weighted by molar-refractivity contribution is 7.89. The van der Waals surface area contributed by atoms with E-state index in [-0.39, 0.29) is 4.90 Å². The molecule has 0 spiro atoms. The van der Waals surface area contributed by atoms with Crippen molar-refractivity contribution in [1.82, 2.24) is 18.8 Å². The molecule has 4 rings (SSSR count). The molecule has 29 heavy (non-hydrogen) atoms. The lowest BCUT2D eigenvalue weighted by Crippen LogP contribution is -2.35. The van der Waals surface area contributed by atoms with Crippen molar-refractivity contribution in [1.29, 1.82) is 0 Å². The molecule has 8 heteroatoms. The largest absolute Gasteiger partial charge is 0.370 e. The average molecular weight is 414 g/mol. The zero-order valence-electron chi connectivity index (χ0n) is 16.7. The molecule has 2 aromatic heterocycles. The van der Waals surface area contributed by atoms with Crippen molar-refractivity contribution < 1.29 is 8.42 Å². The number of fused-ring (bicyclic) bond motifs is 1. The van der Waals surface area contributed by atoms with E-state index in [4.69, 9.17) is 4.98 Å². The Kier molecular flexibility index (Phi) is 5.82. The Morgan fingerprint density at radius 3 is 2.59 bits per heavy atom. The lowest BCUT2D eigenvalue weighted by molar-refractivity contribution is 0.346. The number of imidazole rings is 1. The van der Waals surface area contributed by atoms with Gasteiger partial charge in [-0.15, -0.1) is 0 Å². The van der Waals surface area contributed by atoms with Gasteiger partial charge in [0.2, 0.25) is 10.0 Å². The van der Waals surface area contributed by atoms with Crippen molar-refractivity contribution in [2.24, 2.45) is 0 Å². The smallest absolute Gasteiger partial charge is 0.244 e. The van der Waals surface area contributed by atoms with Gasteiger partial charge >= 0.3 is 0 Å². The Morgan fingerprint density at radius 2 is 1.86 bits per heavy atom. The summed E-state index contributed by atoms with van der Waals surface area (Å²) < 4.78 is 29.2. The first-order valence-electron chi connectivity index (χ1n) is 10.2. The Morgan fingerprint density at radius 1 is 1.07 bits per heavy atom. The summed E-state index contributed by atoms with van der Waals surface area (Å²) in [6, 6.07) is 11.5. The van der Waals surface area contributed by atoms with E-state index in [2.05, 4.69) is 27.9 Å². The van der Waals surface area contributed by atoms with Crippen molar-refractivity contribution in [3.05, 3.63) is 48.4 Å². The van der Waals surface area contributed by atoms with Crippen LogP contribution >= 0.6 is 0 Å². The molecule has 3 aromatic rings. The van der Waals surface area contributed by atoms with Gasteiger partial charge in [0, 0.05) is 38.8 Å². The van der Waals surface area contributed by atoms with Gasteiger partial charge < -0.3 is 9.88 Å². The van der Waals surface area contributed by atoms with Crippen molar-refractivity contribution >= 4 is 26.9 Å². The van der Waals surface area contributed by atoms with Crippen LogP contribution in [0.25, 0.3) is 11.0 Å². The lowest BCUT2D eigenvalue weighted by Gasteiger charge is -2.25. The number of para-hydroxylation sites is 2. The van der Waals surface area contributed by atoms with E-state index in [0.29, 0.717) is 25.5 Å². The molecule has 7 nitrogen and oxygen atoms in total. The number of aryl methyl sites for hydroxylation is 1. The molecule has 0 radical (unpaired) electrons. The molecule has 1 aliphatic heterocycles. The summed E-state index contributed by atoms with van der Waals surface area (Å²) in [4.78, 5) is 9.30. The van der Waals surface area contributed by atoms with E-state index in [9.17, 15) is 8.42 Å². The maximum Gasteiger partial charge on any atom is 0.244 e. The Balaban J connectivity index is 1.40. The molecule has 0 bridgehead atoms. The van der Waals surface area contributed by atoms with Crippen LogP contribution in [0.1, 0.15) is 32.0 Å². The topological polar surface area (TPSA) is 80.1 Å². The second-order valence-corrected chi connectivity index (χ2v) is 9.22. The summed E-state index contributed by atoms with van der Waals surface area (Å²) in [5.74, 6) is 1.70. The molecule has 1 N–H and O–H groups in total. The van der Waals surface area contributed by atoms with Crippen LogP contribution in [0.15, 0.2) is 47.5 Å². The minimum Gasteiger partial charge on any atom is -0.370 e. The molecule has 1 aliphatic rings. The van der Waals surface area contributed by atoms with Gasteiger partial charge in [-0.2, -0.15) is 4.31 Å². The second kappa shape index (κ2) is 8.51. The molecule has 3 heterocycles. The van der Waals surface area contributed by atoms with E-state index in [1.807, 2.05) is 18.2 Å². The highest BCUT2D eigenvalue weighted by atomic mass is 32.2. The maximum absolute atomic E-state index is 12.7. The monoisotopic (exact) mass is 413 g/mol. The van der Waals surface area contributed by atoms with Gasteiger partial charge in [-0.05, 0) is 44.0 Å². The fraction of sp³-hybridized carbons (Fsp3) is 0.429. The van der Waals surface area contributed by atoms with Crippen LogP contribution in [-0.4, -0.2) is 46.9 Å². The molecular formula is C21H27N5O2S. The first kappa shape index (κ1) is 19.8. The third kappa shape index (κ3) is 4.13. The van der Waals surface area contributed by atoms with E-state index in [0.717, 1.165) is 49.1 Å². The summed E-state index contributed by atoms with van der Waals surface area (Å²) in [6.07, 6.45) is 5.16. The number of anilines is 1. The molecule has 1 fully saturated rings. The quantitative estimate of drug-likeness (QED) is 0.643. The normalized spacial score (nSPS) is 15.6. The number of sulfonamides is 1. The van der Waals surface area contributed by atoms with Crippen molar-refractivity contribution in [3.63, 3.8) is 0 Å². The Labute approximate surface area is 171 Å². The van der Waals surface area contributed by atoms with Gasteiger partial charge in [0.25, 0.3) is 0 Å². The number of aromatic nitrogens is 3. The number of piperidine rings is 1. The van der Waals surface area contributed by atoms with Crippen LogP contribution in [0.5, 0.6) is 0 Å². The van der Waals surface area contributed by atoms with Crippen LogP contribution in [0.2, 0.25) is 0 Å². The van der Waals surface area contributed by atoms with Crippen LogP contribution in [-0.2, 0) is 23.0 Å². The zero-order chi connectivity index (χ0) is 20.3. The summed E-state index contributed by atoms with van der Waals surface area (Å²) in [7, 11) is -3.44. The van der Waals surface area contributed by atoms with Crippen molar-refractivity contribution in [2.75, 3.05) is 25.0 Å². The maximum atomic E-state index is 12.7. The molecule has 0 atom stereocenters. The average Bonchev–Trinajstić information content (AvgIpc) is 3.12. The number of pyridine rings is 1. The predicted molar refractivity (Wildman–Crippen MR) is 114 cm³/mol. The number of hydrogen-bond donors (Lipinski definition) is 1. The minimum absolute atomic E-state index is 0.262. The van der Waals surface area contributed by atoms with Gasteiger partial charge in [-0.25, -0.2) is 18.4 Å². The SMILES string of the molecule is CCn1c(CCNc2ccc(S(=O)(=O)N3CCCCC3)cn2)nc2ccccc21. The van der Waals surface area contributed by atoms with Crippen LogP contribution in [0, 0.1) is 0 Å². The summed E-state index contributed by atoms with van der Waals surface area (Å²) in [6.45, 7) is 4.86. The van der Waals surface area contributed by atoms with Gasteiger partial charge in [0.05, 0.1) is 11.0 Å². The van der Waals surface area contributed by atoms with Gasteiger partial charge in [-0.1, -0.05) is 18.6 Å². The highest BCUT2D eigenvalue weighted by Gasteiger charge is 2.26. The molecular weight excluding hydrogens is 386 g/mol. The summed E-state index contributed by atoms with van der Waals surface area (Å²) in [5, 5.41) is 3.27. The van der Waals surface area contributed by atoms with E-state index in [1.54, 1.807) is 16.4 Å². The zero-order valence-corrected chi connectivity index (χ0v) is 17.5. The highest BCUT2D eigenvalue weighted by Crippen LogP contribution is 2.21. The van der Waals surface area contributed by atoms with Crippen LogP contribution in [0.3, 0.4) is 0 Å². The third-order valence-electron chi connectivity index (χ3n) is 5.39. The third-order valence-corrected chi connectivity index (χ3v) is 7.28. The number of benzene rings is 1. The number of nitrogens with zero attached hydrogens (tertiary/aromatic N) is 4. The van der Waals surface area contributed by atoms with Gasteiger partial charge in [0.15, 0.2) is 0 Å². The van der Waals surface area contributed by atoms with Crippen LogP contribution in [0.4, 0.5) is 5.82 Å². The first-order valence-corrected chi connectivity index (χ1v) is 11.7. The second-order valence-electron chi connectivity index (χ2n) is 7.28. The van der Waals surface area contributed by atoms with Crippen LogP contribution < -0.4 is 5.32 Å². The fourth-order valence-corrected chi connectivity index (χ4v) is 5.33. The molecule has 0 aliphatic carbocycles. The molecule has 154 valence electrons. The molecule has 0 amide bonds. The molecule has 1 saturated heterocycles. The number of hydrogen-bond acceptors (Lipinski definition) is 5. The predicted octanol–water partition coefficient (Wildman–Crippen LogP) is 3.28. The van der Waals surface area contributed by atoms with E-state index in [1.165, 1.54) is 6.20 Å².